The molecule has 0 aliphatic heterocycles. The highest BCUT2D eigenvalue weighted by Gasteiger charge is 2.20. The molecule has 0 saturated heterocycles. The zero-order valence-corrected chi connectivity index (χ0v) is 22.4. The molecule has 6 heterocycles. The number of fused-ring (bicyclic) bond motifs is 3. The van der Waals surface area contributed by atoms with Crippen LogP contribution < -0.4 is 11.5 Å². The van der Waals surface area contributed by atoms with Crippen molar-refractivity contribution in [3.05, 3.63) is 109 Å². The smallest absolute Gasteiger partial charge is 0.251 e. The van der Waals surface area contributed by atoms with E-state index in [2.05, 4.69) is 42.8 Å². The Bertz CT molecular complexity index is 2070. The number of nitrogens with two attached hydrogens (primary N) is 2. The van der Waals surface area contributed by atoms with Crippen LogP contribution in [0.1, 0.15) is 27.9 Å². The second-order valence-electron chi connectivity index (χ2n) is 9.82. The molecule has 1 aliphatic rings. The Morgan fingerprint density at radius 1 is 0.881 bits per heavy atom. The van der Waals surface area contributed by atoms with Gasteiger partial charge in [0, 0.05) is 49.1 Å². The van der Waals surface area contributed by atoms with Gasteiger partial charge in [-0.3, -0.25) is 13.8 Å². The maximum atomic E-state index is 10.7. The number of anilines is 1. The Morgan fingerprint density at radius 3 is 2.62 bits per heavy atom. The third kappa shape index (κ3) is 4.50. The van der Waals surface area contributed by atoms with E-state index in [1.54, 1.807) is 40.1 Å². The van der Waals surface area contributed by atoms with E-state index in [1.165, 1.54) is 23.7 Å². The van der Waals surface area contributed by atoms with Crippen LogP contribution in [0.5, 0.6) is 0 Å². The molecular formula is C30H25N11O. The lowest BCUT2D eigenvalue weighted by Gasteiger charge is -2.12. The molecule has 0 unspecified atom stereocenters. The van der Waals surface area contributed by atoms with Crippen LogP contribution in [0.25, 0.3) is 39.8 Å². The lowest BCUT2D eigenvalue weighted by Crippen LogP contribution is -2.12. The summed E-state index contributed by atoms with van der Waals surface area (Å²) < 4.78 is 5.46. The summed E-state index contributed by atoms with van der Waals surface area (Å²) in [6, 6.07) is 16.2. The van der Waals surface area contributed by atoms with Crippen molar-refractivity contribution in [2.75, 3.05) is 5.73 Å². The Kier molecular flexibility index (Phi) is 6.12. The third-order valence-corrected chi connectivity index (χ3v) is 7.18. The highest BCUT2D eigenvalue weighted by atomic mass is 16.1. The van der Waals surface area contributed by atoms with Crippen molar-refractivity contribution in [3.63, 3.8) is 0 Å². The average molecular weight is 556 g/mol. The van der Waals surface area contributed by atoms with Gasteiger partial charge in [0.1, 0.15) is 11.3 Å². The topological polar surface area (TPSA) is 161 Å². The van der Waals surface area contributed by atoms with Crippen molar-refractivity contribution in [3.8, 4) is 22.9 Å². The lowest BCUT2D eigenvalue weighted by molar-refractivity contribution is 0.0999. The van der Waals surface area contributed by atoms with Crippen LogP contribution in [-0.4, -0.2) is 49.6 Å². The zero-order chi connectivity index (χ0) is 28.6. The van der Waals surface area contributed by atoms with Gasteiger partial charge < -0.3 is 11.5 Å². The van der Waals surface area contributed by atoms with Gasteiger partial charge in [0.25, 0.3) is 5.91 Å². The standard InChI is InChI=1S/C23H19N7.C7H6N4O/c24-21-18(6-2-11-25-21)22-27-19-9-10-20(29-13-3-12-26-29)28-23(19)30(22)17-8-7-15-4-1-5-16(15)14-17;8-6(12)5-3-10-7-9-1-2-11(7)4-5/h2-3,6-14H,1,4-5H2,(H2,24,25);1-4H,(H2,8,12). The van der Waals surface area contributed by atoms with E-state index >= 15 is 0 Å². The van der Waals surface area contributed by atoms with Crippen molar-refractivity contribution >= 4 is 28.7 Å². The molecule has 4 N–H and O–H groups in total. The maximum absolute atomic E-state index is 10.7. The molecule has 12 heteroatoms. The van der Waals surface area contributed by atoms with Gasteiger partial charge in [-0.2, -0.15) is 5.10 Å². The number of amides is 1. The number of nitrogens with zero attached hydrogens (tertiary/aromatic N) is 9. The molecule has 206 valence electrons. The number of rotatable bonds is 4. The number of aryl methyl sites for hydroxylation is 2. The highest BCUT2D eigenvalue weighted by molar-refractivity contribution is 5.92. The molecule has 1 aliphatic carbocycles. The molecule has 7 aromatic rings. The maximum Gasteiger partial charge on any atom is 0.251 e. The summed E-state index contributed by atoms with van der Waals surface area (Å²) in [5.74, 6) is 1.99. The van der Waals surface area contributed by atoms with Gasteiger partial charge in [0.15, 0.2) is 17.3 Å². The first kappa shape index (κ1) is 25.1. The van der Waals surface area contributed by atoms with E-state index in [4.69, 9.17) is 21.4 Å². The number of carbonyl (C=O) groups is 1. The Balaban J connectivity index is 0.000000201. The number of nitrogen functional groups attached to an aromatic ring is 1. The van der Waals surface area contributed by atoms with Crippen molar-refractivity contribution in [2.45, 2.75) is 19.3 Å². The van der Waals surface area contributed by atoms with E-state index in [1.807, 2.05) is 36.5 Å². The number of pyridine rings is 2. The molecule has 1 aromatic carbocycles. The van der Waals surface area contributed by atoms with Crippen LogP contribution in [0.2, 0.25) is 0 Å². The molecule has 12 nitrogen and oxygen atoms in total. The average Bonchev–Trinajstić information content (AvgIpc) is 3.82. The molecule has 8 rings (SSSR count). The number of benzene rings is 1. The first-order valence-electron chi connectivity index (χ1n) is 13.4. The van der Waals surface area contributed by atoms with Gasteiger partial charge in [-0.05, 0) is 72.9 Å². The fourth-order valence-corrected chi connectivity index (χ4v) is 5.15. The number of imidazole rings is 2. The number of aromatic nitrogens is 9. The third-order valence-electron chi connectivity index (χ3n) is 7.18. The SMILES string of the molecule is NC(=O)c1cnc2nccn2c1.Nc1ncccc1-c1nc2ccc(-n3cccn3)nc2n1-c1ccc2c(c1)CCC2. The first-order valence-corrected chi connectivity index (χ1v) is 13.4. The van der Waals surface area contributed by atoms with E-state index in [-0.39, 0.29) is 0 Å². The van der Waals surface area contributed by atoms with E-state index in [0.717, 1.165) is 46.9 Å². The van der Waals surface area contributed by atoms with Gasteiger partial charge in [-0.15, -0.1) is 0 Å². The minimum Gasteiger partial charge on any atom is -0.383 e. The van der Waals surface area contributed by atoms with E-state index in [9.17, 15) is 4.79 Å². The van der Waals surface area contributed by atoms with Gasteiger partial charge in [0.2, 0.25) is 5.78 Å². The second-order valence-corrected chi connectivity index (χ2v) is 9.82. The van der Waals surface area contributed by atoms with Crippen LogP contribution in [0.3, 0.4) is 0 Å². The molecule has 6 aromatic heterocycles. The monoisotopic (exact) mass is 555 g/mol. The van der Waals surface area contributed by atoms with Crippen molar-refractivity contribution < 1.29 is 4.79 Å². The van der Waals surface area contributed by atoms with Crippen LogP contribution >= 0.6 is 0 Å². The predicted molar refractivity (Wildman–Crippen MR) is 157 cm³/mol. The Labute approximate surface area is 239 Å². The van der Waals surface area contributed by atoms with Gasteiger partial charge in [-0.1, -0.05) is 6.07 Å². The van der Waals surface area contributed by atoms with Crippen LogP contribution in [-0.2, 0) is 12.8 Å². The Morgan fingerprint density at radius 2 is 1.79 bits per heavy atom. The summed E-state index contributed by atoms with van der Waals surface area (Å²) in [5.41, 5.74) is 17.9. The fourth-order valence-electron chi connectivity index (χ4n) is 5.15. The first-order chi connectivity index (χ1) is 20.5. The van der Waals surface area contributed by atoms with Crippen LogP contribution in [0, 0.1) is 0 Å². The quantitative estimate of drug-likeness (QED) is 0.333. The summed E-state index contributed by atoms with van der Waals surface area (Å²) in [5, 5.41) is 4.32. The van der Waals surface area contributed by atoms with Crippen LogP contribution in [0.4, 0.5) is 5.82 Å². The predicted octanol–water partition coefficient (Wildman–Crippen LogP) is 3.57. The van der Waals surface area contributed by atoms with Crippen molar-refractivity contribution in [1.29, 1.82) is 0 Å². The highest BCUT2D eigenvalue weighted by Crippen LogP contribution is 2.32. The van der Waals surface area contributed by atoms with Gasteiger partial charge in [-0.25, -0.2) is 29.6 Å². The largest absolute Gasteiger partial charge is 0.383 e. The molecule has 0 atom stereocenters. The molecule has 0 saturated carbocycles. The molecule has 0 bridgehead atoms. The van der Waals surface area contributed by atoms with E-state index < -0.39 is 5.91 Å². The summed E-state index contributed by atoms with van der Waals surface area (Å²) >= 11 is 0. The number of carbonyl (C=O) groups excluding carboxylic acids is 1. The summed E-state index contributed by atoms with van der Waals surface area (Å²) in [4.78, 5) is 32.6. The molecular weight excluding hydrogens is 530 g/mol. The molecule has 0 fully saturated rings. The summed E-state index contributed by atoms with van der Waals surface area (Å²) in [6.07, 6.45) is 15.1. The minimum absolute atomic E-state index is 0.375. The second kappa shape index (κ2) is 10.2. The molecule has 1 amide bonds. The Hall–Kier alpha value is -5.91. The number of hydrogen-bond donors (Lipinski definition) is 2. The number of hydrogen-bond acceptors (Lipinski definition) is 8. The molecule has 42 heavy (non-hydrogen) atoms. The lowest BCUT2D eigenvalue weighted by atomic mass is 10.1. The van der Waals surface area contributed by atoms with E-state index in [0.29, 0.717) is 17.2 Å². The number of primary amides is 1. The van der Waals surface area contributed by atoms with Gasteiger partial charge in [0.05, 0.1) is 11.1 Å². The summed E-state index contributed by atoms with van der Waals surface area (Å²) in [6.45, 7) is 0. The molecule has 0 spiro atoms. The van der Waals surface area contributed by atoms with Gasteiger partial charge >= 0.3 is 0 Å². The minimum atomic E-state index is -0.488. The van der Waals surface area contributed by atoms with Crippen molar-refractivity contribution in [2.24, 2.45) is 5.73 Å². The normalized spacial score (nSPS) is 12.3. The fraction of sp³-hybridized carbons (Fsp3) is 0.100. The summed E-state index contributed by atoms with van der Waals surface area (Å²) in [7, 11) is 0. The van der Waals surface area contributed by atoms with Crippen molar-refractivity contribution in [1.82, 2.24) is 43.7 Å². The molecule has 0 radical (unpaired) electrons. The zero-order valence-electron chi connectivity index (χ0n) is 22.4. The van der Waals surface area contributed by atoms with Crippen LogP contribution in [0.15, 0.2) is 91.9 Å².